The molecule has 0 saturated heterocycles. The molecule has 0 radical (unpaired) electrons. The van der Waals surface area contributed by atoms with Crippen LogP contribution in [-0.2, 0) is 9.53 Å². The second-order valence-electron chi connectivity index (χ2n) is 9.46. The van der Waals surface area contributed by atoms with Crippen LogP contribution >= 0.6 is 11.3 Å². The Labute approximate surface area is 237 Å². The van der Waals surface area contributed by atoms with Gasteiger partial charge < -0.3 is 14.3 Å². The first-order valence-electron chi connectivity index (χ1n) is 13.0. The Morgan fingerprint density at radius 3 is 2.66 bits per heavy atom. The number of carbonyl (C=O) groups excluding carboxylic acids is 1. The summed E-state index contributed by atoms with van der Waals surface area (Å²) in [4.78, 5) is 43.7. The molecular weight excluding hydrogens is 540 g/mol. The highest BCUT2D eigenvalue weighted by molar-refractivity contribution is 7.07. The van der Waals surface area contributed by atoms with Crippen molar-refractivity contribution in [1.29, 1.82) is 0 Å². The van der Waals surface area contributed by atoms with Crippen molar-refractivity contribution in [2.75, 3.05) is 6.61 Å². The molecule has 41 heavy (non-hydrogen) atoms. The monoisotopic (exact) mass is 564 g/mol. The van der Waals surface area contributed by atoms with Crippen LogP contribution in [0.3, 0.4) is 0 Å². The van der Waals surface area contributed by atoms with Gasteiger partial charge in [0, 0.05) is 11.6 Å². The molecule has 6 rings (SSSR count). The summed E-state index contributed by atoms with van der Waals surface area (Å²) in [7, 11) is 0. The molecular formula is C32H24N2O6S. The van der Waals surface area contributed by atoms with E-state index >= 15 is 0 Å². The van der Waals surface area contributed by atoms with Gasteiger partial charge in [-0.05, 0) is 54.4 Å². The fourth-order valence-corrected chi connectivity index (χ4v) is 6.12. The molecule has 0 fully saturated rings. The molecule has 2 aromatic heterocycles. The molecule has 1 aliphatic heterocycles. The lowest BCUT2D eigenvalue weighted by Crippen LogP contribution is -2.40. The van der Waals surface area contributed by atoms with Crippen molar-refractivity contribution in [2.45, 2.75) is 19.9 Å². The summed E-state index contributed by atoms with van der Waals surface area (Å²) in [6, 6.07) is 22.8. The molecule has 1 aliphatic rings. The van der Waals surface area contributed by atoms with Crippen LogP contribution in [0.5, 0.6) is 0 Å². The van der Waals surface area contributed by atoms with E-state index in [0.29, 0.717) is 37.7 Å². The predicted octanol–water partition coefficient (Wildman–Crippen LogP) is 4.91. The van der Waals surface area contributed by atoms with E-state index in [4.69, 9.17) is 9.15 Å². The van der Waals surface area contributed by atoms with Crippen LogP contribution in [0.2, 0.25) is 0 Å². The van der Waals surface area contributed by atoms with Gasteiger partial charge >= 0.3 is 11.9 Å². The Kier molecular flexibility index (Phi) is 6.72. The molecule has 0 spiro atoms. The van der Waals surface area contributed by atoms with E-state index in [9.17, 15) is 19.5 Å². The average Bonchev–Trinajstić information content (AvgIpc) is 3.56. The number of hydrogen-bond donors (Lipinski definition) is 1. The third-order valence-electron chi connectivity index (χ3n) is 6.93. The van der Waals surface area contributed by atoms with Crippen molar-refractivity contribution in [3.63, 3.8) is 0 Å². The first-order chi connectivity index (χ1) is 19.9. The van der Waals surface area contributed by atoms with Gasteiger partial charge in [0.1, 0.15) is 11.5 Å². The fourth-order valence-electron chi connectivity index (χ4n) is 5.09. The van der Waals surface area contributed by atoms with Crippen molar-refractivity contribution < 1.29 is 23.8 Å². The highest BCUT2D eigenvalue weighted by Crippen LogP contribution is 2.35. The standard InChI is InChI=1S/C32H24N2O6S/c1-3-39-31(38)27-18(2)33-32-34(28(27)24-13-7-9-19-8-4-5-12-23(19)24)29(35)26(41-32)17-22-14-15-25(40-22)20-10-6-11-21(16-20)30(36)37/h4-17,28H,3H2,1-2H3,(H,36,37)/b26-17-/t28-/m1/s1. The number of thiazole rings is 1. The minimum atomic E-state index is -1.03. The molecule has 204 valence electrons. The van der Waals surface area contributed by atoms with Crippen LogP contribution in [0.4, 0.5) is 0 Å². The molecule has 3 heterocycles. The van der Waals surface area contributed by atoms with E-state index < -0.39 is 18.0 Å². The number of carboxylic acid groups (broad SMARTS) is 1. The Balaban J connectivity index is 1.51. The van der Waals surface area contributed by atoms with Crippen LogP contribution in [0.25, 0.3) is 28.2 Å². The molecule has 0 aliphatic carbocycles. The van der Waals surface area contributed by atoms with Gasteiger partial charge in [-0.1, -0.05) is 65.9 Å². The Hall–Kier alpha value is -5.02. The van der Waals surface area contributed by atoms with E-state index in [-0.39, 0.29) is 17.7 Å². The maximum absolute atomic E-state index is 14.0. The normalized spacial score (nSPS) is 15.1. The van der Waals surface area contributed by atoms with E-state index in [2.05, 4.69) is 4.99 Å². The molecule has 0 unspecified atom stereocenters. The maximum atomic E-state index is 14.0. The summed E-state index contributed by atoms with van der Waals surface area (Å²) in [6.45, 7) is 3.69. The molecule has 9 heteroatoms. The predicted molar refractivity (Wildman–Crippen MR) is 155 cm³/mol. The van der Waals surface area contributed by atoms with Crippen LogP contribution in [0, 0.1) is 0 Å². The minimum Gasteiger partial charge on any atom is -0.478 e. The summed E-state index contributed by atoms with van der Waals surface area (Å²) < 4.78 is 13.3. The van der Waals surface area contributed by atoms with Crippen molar-refractivity contribution in [3.05, 3.63) is 127 Å². The lowest BCUT2D eigenvalue weighted by Gasteiger charge is -2.25. The zero-order valence-electron chi connectivity index (χ0n) is 22.2. The number of ether oxygens (including phenoxy) is 1. The number of rotatable bonds is 6. The van der Waals surface area contributed by atoms with Crippen LogP contribution in [-0.4, -0.2) is 28.2 Å². The number of fused-ring (bicyclic) bond motifs is 2. The number of carbonyl (C=O) groups is 2. The quantitative estimate of drug-likeness (QED) is 0.294. The van der Waals surface area contributed by atoms with Gasteiger partial charge in [-0.15, -0.1) is 0 Å². The number of aromatic carboxylic acids is 1. The van der Waals surface area contributed by atoms with Crippen LogP contribution < -0.4 is 14.9 Å². The first-order valence-corrected chi connectivity index (χ1v) is 13.8. The number of hydrogen-bond acceptors (Lipinski definition) is 7. The van der Waals surface area contributed by atoms with E-state index in [1.165, 1.54) is 23.5 Å². The van der Waals surface area contributed by atoms with E-state index in [1.807, 2.05) is 42.5 Å². The number of nitrogens with zero attached hydrogens (tertiary/aromatic N) is 2. The largest absolute Gasteiger partial charge is 0.478 e. The van der Waals surface area contributed by atoms with Gasteiger partial charge in [0.2, 0.25) is 0 Å². The number of allylic oxidation sites excluding steroid dienone is 1. The van der Waals surface area contributed by atoms with Crippen molar-refractivity contribution in [2.24, 2.45) is 4.99 Å². The van der Waals surface area contributed by atoms with Crippen LogP contribution in [0.15, 0.2) is 104 Å². The highest BCUT2D eigenvalue weighted by atomic mass is 32.1. The first kappa shape index (κ1) is 26.2. The summed E-state index contributed by atoms with van der Waals surface area (Å²) in [6.07, 6.45) is 1.64. The van der Waals surface area contributed by atoms with Gasteiger partial charge in [0.15, 0.2) is 4.80 Å². The average molecular weight is 565 g/mol. The lowest BCUT2D eigenvalue weighted by molar-refractivity contribution is -0.139. The van der Waals surface area contributed by atoms with Gasteiger partial charge in [0.25, 0.3) is 5.56 Å². The summed E-state index contributed by atoms with van der Waals surface area (Å²) in [5.74, 6) is -0.645. The Morgan fingerprint density at radius 1 is 1.07 bits per heavy atom. The number of benzene rings is 3. The number of esters is 1. The zero-order valence-corrected chi connectivity index (χ0v) is 23.0. The lowest BCUT2D eigenvalue weighted by atomic mass is 9.91. The third kappa shape index (κ3) is 4.70. The van der Waals surface area contributed by atoms with Gasteiger partial charge in [-0.2, -0.15) is 0 Å². The van der Waals surface area contributed by atoms with E-state index in [1.54, 1.807) is 48.8 Å². The molecule has 1 atom stereocenters. The second-order valence-corrected chi connectivity index (χ2v) is 10.5. The molecule has 1 N–H and O–H groups in total. The Bertz CT molecular complexity index is 2060. The zero-order chi connectivity index (χ0) is 28.7. The highest BCUT2D eigenvalue weighted by Gasteiger charge is 2.34. The fraction of sp³-hybridized carbons (Fsp3) is 0.125. The van der Waals surface area contributed by atoms with Crippen molar-refractivity contribution in [3.8, 4) is 11.3 Å². The SMILES string of the molecule is CCOC(=O)C1=C(C)N=c2s/c(=C\c3ccc(-c4cccc(C(=O)O)c4)o3)c(=O)n2[C@@H]1c1cccc2ccccc12. The topological polar surface area (TPSA) is 111 Å². The maximum Gasteiger partial charge on any atom is 0.338 e. The number of aromatic nitrogens is 1. The minimum absolute atomic E-state index is 0.148. The summed E-state index contributed by atoms with van der Waals surface area (Å²) in [5.41, 5.74) is 2.05. The van der Waals surface area contributed by atoms with Gasteiger partial charge in [0.05, 0.1) is 34.0 Å². The molecule has 3 aromatic carbocycles. The molecule has 0 saturated carbocycles. The van der Waals surface area contributed by atoms with Gasteiger partial charge in [-0.25, -0.2) is 14.6 Å². The number of furan rings is 1. The molecule has 0 amide bonds. The molecule has 5 aromatic rings. The summed E-state index contributed by atoms with van der Waals surface area (Å²) in [5, 5.41) is 11.2. The third-order valence-corrected chi connectivity index (χ3v) is 7.91. The van der Waals surface area contributed by atoms with E-state index in [0.717, 1.165) is 16.3 Å². The smallest absolute Gasteiger partial charge is 0.338 e. The summed E-state index contributed by atoms with van der Waals surface area (Å²) >= 11 is 1.21. The molecule has 8 nitrogen and oxygen atoms in total. The van der Waals surface area contributed by atoms with Crippen molar-refractivity contribution >= 4 is 40.1 Å². The van der Waals surface area contributed by atoms with Crippen LogP contribution in [0.1, 0.15) is 41.6 Å². The van der Waals surface area contributed by atoms with Gasteiger partial charge in [-0.3, -0.25) is 9.36 Å². The van der Waals surface area contributed by atoms with Crippen molar-refractivity contribution in [1.82, 2.24) is 4.57 Å². The molecule has 0 bridgehead atoms. The second kappa shape index (κ2) is 10.5. The Morgan fingerprint density at radius 2 is 1.85 bits per heavy atom. The number of carboxylic acids is 1.